The number of amides is 1. The van der Waals surface area contributed by atoms with Gasteiger partial charge in [0.25, 0.3) is 0 Å². The van der Waals surface area contributed by atoms with Crippen LogP contribution in [0.2, 0.25) is 10.0 Å². The van der Waals surface area contributed by atoms with Crippen LogP contribution in [0.25, 0.3) is 6.08 Å². The number of carbonyl (C=O) groups is 2. The van der Waals surface area contributed by atoms with E-state index in [1.165, 1.54) is 12.2 Å². The number of aliphatic carboxylic acids is 1. The van der Waals surface area contributed by atoms with Crippen molar-refractivity contribution < 1.29 is 14.7 Å². The first-order chi connectivity index (χ1) is 8.50. The van der Waals surface area contributed by atoms with Crippen LogP contribution >= 0.6 is 23.2 Å². The summed E-state index contributed by atoms with van der Waals surface area (Å²) in [7, 11) is 0. The van der Waals surface area contributed by atoms with Gasteiger partial charge in [0.1, 0.15) is 0 Å². The SMILES string of the molecule is O=C(O)CCNC(=O)/C=C/c1cccc(Cl)c1Cl. The van der Waals surface area contributed by atoms with Gasteiger partial charge < -0.3 is 10.4 Å². The number of rotatable bonds is 5. The van der Waals surface area contributed by atoms with E-state index in [9.17, 15) is 9.59 Å². The molecule has 0 aliphatic heterocycles. The Morgan fingerprint density at radius 3 is 2.72 bits per heavy atom. The summed E-state index contributed by atoms with van der Waals surface area (Å²) in [5.74, 6) is -1.34. The quantitative estimate of drug-likeness (QED) is 0.818. The summed E-state index contributed by atoms with van der Waals surface area (Å²) < 4.78 is 0. The molecule has 0 aromatic heterocycles. The molecule has 0 atom stereocenters. The summed E-state index contributed by atoms with van der Waals surface area (Å²) in [5, 5.41) is 11.6. The van der Waals surface area contributed by atoms with E-state index in [4.69, 9.17) is 28.3 Å². The van der Waals surface area contributed by atoms with E-state index >= 15 is 0 Å². The summed E-state index contributed by atoms with van der Waals surface area (Å²) in [6.07, 6.45) is 2.68. The zero-order chi connectivity index (χ0) is 13.5. The van der Waals surface area contributed by atoms with Gasteiger partial charge in [-0.05, 0) is 17.7 Å². The fourth-order valence-corrected chi connectivity index (χ4v) is 1.54. The molecule has 1 aromatic rings. The smallest absolute Gasteiger partial charge is 0.305 e. The molecule has 4 nitrogen and oxygen atoms in total. The van der Waals surface area contributed by atoms with Crippen molar-refractivity contribution in [1.82, 2.24) is 5.32 Å². The van der Waals surface area contributed by atoms with Crippen LogP contribution in [0, 0.1) is 0 Å². The van der Waals surface area contributed by atoms with E-state index in [0.717, 1.165) is 0 Å². The minimum atomic E-state index is -0.961. The number of nitrogens with one attached hydrogen (secondary N) is 1. The molecule has 6 heteroatoms. The molecule has 0 spiro atoms. The Kier molecular flexibility index (Phi) is 5.68. The summed E-state index contributed by atoms with van der Waals surface area (Å²) in [4.78, 5) is 21.6. The summed E-state index contributed by atoms with van der Waals surface area (Å²) in [6.45, 7) is 0.0851. The van der Waals surface area contributed by atoms with E-state index in [1.54, 1.807) is 18.2 Å². The average molecular weight is 288 g/mol. The Balaban J connectivity index is 2.56. The van der Waals surface area contributed by atoms with E-state index in [-0.39, 0.29) is 18.9 Å². The molecule has 0 radical (unpaired) electrons. The van der Waals surface area contributed by atoms with Gasteiger partial charge in [-0.1, -0.05) is 35.3 Å². The monoisotopic (exact) mass is 287 g/mol. The van der Waals surface area contributed by atoms with Gasteiger partial charge in [0, 0.05) is 12.6 Å². The number of carboxylic acid groups (broad SMARTS) is 1. The molecule has 0 aliphatic rings. The molecular formula is C12H11Cl2NO3. The molecule has 18 heavy (non-hydrogen) atoms. The van der Waals surface area contributed by atoms with Gasteiger partial charge in [0.05, 0.1) is 16.5 Å². The Labute approximate surface area is 114 Å². The highest BCUT2D eigenvalue weighted by Gasteiger charge is 2.02. The zero-order valence-corrected chi connectivity index (χ0v) is 10.8. The van der Waals surface area contributed by atoms with Crippen molar-refractivity contribution in [3.63, 3.8) is 0 Å². The van der Waals surface area contributed by atoms with Crippen LogP contribution in [0.5, 0.6) is 0 Å². The maximum Gasteiger partial charge on any atom is 0.305 e. The van der Waals surface area contributed by atoms with Crippen LogP contribution < -0.4 is 5.32 Å². The molecule has 0 heterocycles. The van der Waals surface area contributed by atoms with Crippen LogP contribution in [0.4, 0.5) is 0 Å². The summed E-state index contributed by atoms with van der Waals surface area (Å²) in [5.41, 5.74) is 0.623. The Morgan fingerprint density at radius 1 is 1.33 bits per heavy atom. The summed E-state index contributed by atoms with van der Waals surface area (Å²) in [6, 6.07) is 5.08. The van der Waals surface area contributed by atoms with Crippen molar-refractivity contribution in [2.45, 2.75) is 6.42 Å². The van der Waals surface area contributed by atoms with Crippen molar-refractivity contribution in [3.05, 3.63) is 39.9 Å². The first-order valence-corrected chi connectivity index (χ1v) is 5.88. The standard InChI is InChI=1S/C12H11Cl2NO3/c13-9-3-1-2-8(12(9)14)4-5-10(16)15-7-6-11(17)18/h1-5H,6-7H2,(H,15,16)(H,17,18)/b5-4+. The van der Waals surface area contributed by atoms with Gasteiger partial charge in [-0.2, -0.15) is 0 Å². The molecule has 1 rings (SSSR count). The lowest BCUT2D eigenvalue weighted by molar-refractivity contribution is -0.136. The van der Waals surface area contributed by atoms with E-state index in [1.807, 2.05) is 0 Å². The van der Waals surface area contributed by atoms with Crippen molar-refractivity contribution in [2.75, 3.05) is 6.54 Å². The second-order valence-corrected chi connectivity index (χ2v) is 4.20. The molecule has 0 saturated heterocycles. The lowest BCUT2D eigenvalue weighted by atomic mass is 10.2. The van der Waals surface area contributed by atoms with Gasteiger partial charge in [-0.25, -0.2) is 0 Å². The first-order valence-electron chi connectivity index (χ1n) is 5.12. The van der Waals surface area contributed by atoms with Gasteiger partial charge >= 0.3 is 5.97 Å². The Bertz CT molecular complexity index is 486. The first kappa shape index (κ1) is 14.5. The number of carboxylic acids is 1. The Hall–Kier alpha value is -1.52. The van der Waals surface area contributed by atoms with Gasteiger partial charge in [-0.3, -0.25) is 9.59 Å². The van der Waals surface area contributed by atoms with Gasteiger partial charge in [0.15, 0.2) is 0 Å². The third kappa shape index (κ3) is 4.77. The average Bonchev–Trinajstić information content (AvgIpc) is 2.30. The normalized spacial score (nSPS) is 10.6. The molecule has 0 bridgehead atoms. The van der Waals surface area contributed by atoms with Crippen molar-refractivity contribution in [1.29, 1.82) is 0 Å². The molecule has 0 aliphatic carbocycles. The van der Waals surface area contributed by atoms with Crippen LogP contribution in [0.15, 0.2) is 24.3 Å². The number of carbonyl (C=O) groups excluding carboxylic acids is 1. The van der Waals surface area contributed by atoms with Crippen LogP contribution in [0.1, 0.15) is 12.0 Å². The molecule has 0 unspecified atom stereocenters. The Morgan fingerprint density at radius 2 is 2.06 bits per heavy atom. The van der Waals surface area contributed by atoms with Crippen molar-refractivity contribution >= 4 is 41.2 Å². The molecule has 1 aromatic carbocycles. The van der Waals surface area contributed by atoms with Gasteiger partial charge in [0.2, 0.25) is 5.91 Å². The fourth-order valence-electron chi connectivity index (χ4n) is 1.17. The molecule has 1 amide bonds. The third-order valence-corrected chi connectivity index (χ3v) is 2.87. The van der Waals surface area contributed by atoms with Gasteiger partial charge in [-0.15, -0.1) is 0 Å². The number of hydrogen-bond donors (Lipinski definition) is 2. The minimum absolute atomic E-state index is 0.0851. The van der Waals surface area contributed by atoms with E-state index in [0.29, 0.717) is 15.6 Å². The number of hydrogen-bond acceptors (Lipinski definition) is 2. The van der Waals surface area contributed by atoms with E-state index in [2.05, 4.69) is 5.32 Å². The molecular weight excluding hydrogens is 277 g/mol. The predicted octanol–water partition coefficient (Wildman–Crippen LogP) is 2.60. The highest BCUT2D eigenvalue weighted by molar-refractivity contribution is 6.42. The van der Waals surface area contributed by atoms with Crippen LogP contribution in [-0.2, 0) is 9.59 Å². The zero-order valence-electron chi connectivity index (χ0n) is 9.32. The second-order valence-electron chi connectivity index (χ2n) is 3.41. The topological polar surface area (TPSA) is 66.4 Å². The van der Waals surface area contributed by atoms with Crippen molar-refractivity contribution in [3.8, 4) is 0 Å². The van der Waals surface area contributed by atoms with Crippen LogP contribution in [-0.4, -0.2) is 23.5 Å². The maximum absolute atomic E-state index is 11.3. The molecule has 2 N–H and O–H groups in total. The maximum atomic E-state index is 11.3. The molecule has 0 saturated carbocycles. The fraction of sp³-hybridized carbons (Fsp3) is 0.167. The van der Waals surface area contributed by atoms with E-state index < -0.39 is 5.97 Å². The number of halogens is 2. The number of benzene rings is 1. The second kappa shape index (κ2) is 7.03. The molecule has 96 valence electrons. The third-order valence-electron chi connectivity index (χ3n) is 2.03. The minimum Gasteiger partial charge on any atom is -0.481 e. The lowest BCUT2D eigenvalue weighted by Gasteiger charge is -2.01. The highest BCUT2D eigenvalue weighted by Crippen LogP contribution is 2.26. The molecule has 0 fully saturated rings. The predicted molar refractivity (Wildman–Crippen MR) is 70.8 cm³/mol. The highest BCUT2D eigenvalue weighted by atomic mass is 35.5. The van der Waals surface area contributed by atoms with Crippen molar-refractivity contribution in [2.24, 2.45) is 0 Å². The largest absolute Gasteiger partial charge is 0.481 e. The van der Waals surface area contributed by atoms with Crippen LogP contribution in [0.3, 0.4) is 0 Å². The summed E-state index contributed by atoms with van der Waals surface area (Å²) >= 11 is 11.7. The lowest BCUT2D eigenvalue weighted by Crippen LogP contribution is -2.23.